The summed E-state index contributed by atoms with van der Waals surface area (Å²) in [6.45, 7) is 2.28. The number of rotatable bonds is 8. The van der Waals surface area contributed by atoms with Gasteiger partial charge in [-0.2, -0.15) is 5.10 Å². The molecule has 4 aromatic rings. The van der Waals surface area contributed by atoms with Gasteiger partial charge in [-0.1, -0.05) is 34.1 Å². The fourth-order valence-corrected chi connectivity index (χ4v) is 3.37. The van der Waals surface area contributed by atoms with Crippen molar-refractivity contribution in [3.8, 4) is 5.75 Å². The van der Waals surface area contributed by atoms with Crippen LogP contribution in [0.15, 0.2) is 75.9 Å². The molecule has 0 bridgehead atoms. The smallest absolute Gasteiger partial charge is 0.311 e. The molecule has 0 aliphatic rings. The van der Waals surface area contributed by atoms with E-state index in [1.807, 2.05) is 24.3 Å². The largest absolute Gasteiger partial charge is 0.479 e. The van der Waals surface area contributed by atoms with Crippen molar-refractivity contribution in [1.29, 1.82) is 0 Å². The van der Waals surface area contributed by atoms with Gasteiger partial charge in [0.2, 0.25) is 0 Å². The maximum absolute atomic E-state index is 12.5. The quantitative estimate of drug-likeness (QED) is 0.253. The van der Waals surface area contributed by atoms with Gasteiger partial charge >= 0.3 is 5.69 Å². The molecule has 168 valence electrons. The molecule has 2 aromatic heterocycles. The number of carbonyl (C=O) groups excluding carboxylic acids is 1. The second kappa shape index (κ2) is 9.70. The number of halogens is 1. The van der Waals surface area contributed by atoms with Crippen LogP contribution in [0.25, 0.3) is 0 Å². The number of nitrogens with zero attached hydrogens (tertiary/aromatic N) is 3. The van der Waals surface area contributed by atoms with Crippen molar-refractivity contribution in [1.82, 2.24) is 9.78 Å². The molecular weight excluding hydrogens is 492 g/mol. The predicted molar refractivity (Wildman–Crippen MR) is 124 cm³/mol. The Kier molecular flexibility index (Phi) is 6.55. The zero-order valence-corrected chi connectivity index (χ0v) is 19.1. The summed E-state index contributed by atoms with van der Waals surface area (Å²) in [6, 6.07) is 15.7. The molecule has 2 aromatic carbocycles. The van der Waals surface area contributed by atoms with Crippen LogP contribution in [0.1, 0.15) is 27.4 Å². The van der Waals surface area contributed by atoms with Crippen LogP contribution in [-0.4, -0.2) is 20.6 Å². The third-order valence-corrected chi connectivity index (χ3v) is 5.24. The summed E-state index contributed by atoms with van der Waals surface area (Å²) in [5, 5.41) is 18.2. The number of ether oxygens (including phenoxy) is 1. The Morgan fingerprint density at radius 3 is 2.76 bits per heavy atom. The van der Waals surface area contributed by atoms with E-state index >= 15 is 0 Å². The molecule has 0 aliphatic carbocycles. The van der Waals surface area contributed by atoms with E-state index in [2.05, 4.69) is 26.3 Å². The van der Waals surface area contributed by atoms with Gasteiger partial charge in [0, 0.05) is 16.7 Å². The molecule has 0 saturated carbocycles. The van der Waals surface area contributed by atoms with Crippen molar-refractivity contribution in [2.75, 3.05) is 5.32 Å². The third-order valence-electron chi connectivity index (χ3n) is 4.72. The lowest BCUT2D eigenvalue weighted by atomic mass is 10.2. The van der Waals surface area contributed by atoms with Crippen LogP contribution in [0.2, 0.25) is 0 Å². The van der Waals surface area contributed by atoms with Crippen LogP contribution in [0.5, 0.6) is 5.75 Å². The first-order valence-corrected chi connectivity index (χ1v) is 10.7. The van der Waals surface area contributed by atoms with Crippen LogP contribution in [0.3, 0.4) is 0 Å². The number of nitro groups is 1. The van der Waals surface area contributed by atoms with Gasteiger partial charge in [0.15, 0.2) is 11.5 Å². The second-order valence-electron chi connectivity index (χ2n) is 7.29. The minimum absolute atomic E-state index is 0.0533. The summed E-state index contributed by atoms with van der Waals surface area (Å²) < 4.78 is 13.8. The summed E-state index contributed by atoms with van der Waals surface area (Å²) in [5.41, 5.74) is 2.23. The molecule has 1 N–H and O–H groups in total. The van der Waals surface area contributed by atoms with Gasteiger partial charge in [-0.15, -0.1) is 0 Å². The summed E-state index contributed by atoms with van der Waals surface area (Å²) in [6.07, 6.45) is 3.28. The SMILES string of the molecule is Cc1ccc(OCc2ccc(C(=O)Nc3cnn(Cc4ccc(Br)cc4)c3)o2)c([N+](=O)[O-])c1. The molecule has 2 heterocycles. The van der Waals surface area contributed by atoms with E-state index in [-0.39, 0.29) is 23.8 Å². The lowest BCUT2D eigenvalue weighted by molar-refractivity contribution is -0.386. The first-order chi connectivity index (χ1) is 15.9. The maximum atomic E-state index is 12.5. The molecule has 0 aliphatic heterocycles. The molecule has 4 rings (SSSR count). The van der Waals surface area contributed by atoms with Gasteiger partial charge < -0.3 is 14.5 Å². The summed E-state index contributed by atoms with van der Waals surface area (Å²) in [4.78, 5) is 23.2. The van der Waals surface area contributed by atoms with Crippen molar-refractivity contribution in [2.24, 2.45) is 0 Å². The molecule has 33 heavy (non-hydrogen) atoms. The van der Waals surface area contributed by atoms with Crippen LogP contribution in [0, 0.1) is 17.0 Å². The minimum atomic E-state index is -0.500. The van der Waals surface area contributed by atoms with E-state index in [4.69, 9.17) is 9.15 Å². The van der Waals surface area contributed by atoms with Gasteiger partial charge in [0.25, 0.3) is 5.91 Å². The first kappa shape index (κ1) is 22.3. The monoisotopic (exact) mass is 510 g/mol. The second-order valence-corrected chi connectivity index (χ2v) is 8.21. The number of nitrogens with one attached hydrogen (secondary N) is 1. The van der Waals surface area contributed by atoms with Crippen LogP contribution >= 0.6 is 15.9 Å². The standard InChI is InChI=1S/C23H19BrN4O5/c1-15-2-8-21(20(10-15)28(30)31)32-14-19-7-9-22(33-19)23(29)26-18-11-25-27(13-18)12-16-3-5-17(24)6-4-16/h2-11,13H,12,14H2,1H3,(H,26,29). The van der Waals surface area contributed by atoms with E-state index in [0.717, 1.165) is 15.6 Å². The van der Waals surface area contributed by atoms with Gasteiger partial charge in [0.1, 0.15) is 12.4 Å². The van der Waals surface area contributed by atoms with Crippen LogP contribution in [0.4, 0.5) is 11.4 Å². The molecule has 0 spiro atoms. The van der Waals surface area contributed by atoms with Crippen molar-refractivity contribution >= 4 is 33.2 Å². The Hall–Kier alpha value is -3.92. The number of benzene rings is 2. The summed E-state index contributed by atoms with van der Waals surface area (Å²) >= 11 is 3.41. The number of furan rings is 1. The Morgan fingerprint density at radius 2 is 2.00 bits per heavy atom. The average Bonchev–Trinajstić information content (AvgIpc) is 3.44. The Balaban J connectivity index is 1.35. The normalized spacial score (nSPS) is 10.7. The third kappa shape index (κ3) is 5.66. The van der Waals surface area contributed by atoms with Crippen molar-refractivity contribution in [3.05, 3.63) is 104 Å². The van der Waals surface area contributed by atoms with Crippen LogP contribution in [-0.2, 0) is 13.2 Å². The molecule has 1 amide bonds. The number of amides is 1. The van der Waals surface area contributed by atoms with Gasteiger partial charge in [-0.25, -0.2) is 0 Å². The highest BCUT2D eigenvalue weighted by Gasteiger charge is 2.17. The zero-order chi connectivity index (χ0) is 23.4. The molecular formula is C23H19BrN4O5. The Labute approximate surface area is 197 Å². The summed E-state index contributed by atoms with van der Waals surface area (Å²) in [5.74, 6) is 0.144. The number of nitro benzene ring substituents is 1. The highest BCUT2D eigenvalue weighted by Crippen LogP contribution is 2.28. The fraction of sp³-hybridized carbons (Fsp3) is 0.130. The number of hydrogen-bond donors (Lipinski definition) is 1. The number of anilines is 1. The van der Waals surface area contributed by atoms with Crippen molar-refractivity contribution in [2.45, 2.75) is 20.1 Å². The molecule has 0 radical (unpaired) electrons. The van der Waals surface area contributed by atoms with Crippen LogP contribution < -0.4 is 10.1 Å². The van der Waals surface area contributed by atoms with Crippen molar-refractivity contribution < 1.29 is 18.9 Å². The molecule has 0 fully saturated rings. The number of carbonyl (C=O) groups is 1. The molecule has 10 heteroatoms. The van der Waals surface area contributed by atoms with E-state index in [0.29, 0.717) is 18.0 Å². The van der Waals surface area contributed by atoms with Gasteiger partial charge in [0.05, 0.1) is 23.4 Å². The number of aryl methyl sites for hydroxylation is 1. The fourth-order valence-electron chi connectivity index (χ4n) is 3.10. The molecule has 0 saturated heterocycles. The Morgan fingerprint density at radius 1 is 1.21 bits per heavy atom. The van der Waals surface area contributed by atoms with E-state index in [1.165, 1.54) is 18.2 Å². The number of aromatic nitrogens is 2. The van der Waals surface area contributed by atoms with E-state index in [1.54, 1.807) is 36.1 Å². The van der Waals surface area contributed by atoms with Gasteiger partial charge in [-0.05, 0) is 48.4 Å². The first-order valence-electron chi connectivity index (χ1n) is 9.92. The average molecular weight is 511 g/mol. The molecule has 0 unspecified atom stereocenters. The predicted octanol–water partition coefficient (Wildman–Crippen LogP) is 5.33. The minimum Gasteiger partial charge on any atom is -0.479 e. The lowest BCUT2D eigenvalue weighted by Crippen LogP contribution is -2.10. The summed E-state index contributed by atoms with van der Waals surface area (Å²) in [7, 11) is 0. The molecule has 0 atom stereocenters. The van der Waals surface area contributed by atoms with Gasteiger partial charge in [-0.3, -0.25) is 19.6 Å². The van der Waals surface area contributed by atoms with Crippen molar-refractivity contribution in [3.63, 3.8) is 0 Å². The topological polar surface area (TPSA) is 112 Å². The lowest BCUT2D eigenvalue weighted by Gasteiger charge is -2.06. The number of hydrogen-bond acceptors (Lipinski definition) is 6. The van der Waals surface area contributed by atoms with E-state index in [9.17, 15) is 14.9 Å². The zero-order valence-electron chi connectivity index (χ0n) is 17.5. The highest BCUT2D eigenvalue weighted by molar-refractivity contribution is 9.10. The highest BCUT2D eigenvalue weighted by atomic mass is 79.9. The van der Waals surface area contributed by atoms with E-state index < -0.39 is 10.8 Å². The maximum Gasteiger partial charge on any atom is 0.311 e. The molecule has 9 nitrogen and oxygen atoms in total. The Bertz CT molecular complexity index is 1300.